The highest BCUT2D eigenvalue weighted by Crippen LogP contribution is 2.12. The van der Waals surface area contributed by atoms with Gasteiger partial charge >= 0.3 is 0 Å². The fourth-order valence-corrected chi connectivity index (χ4v) is 1.19. The van der Waals surface area contributed by atoms with Gasteiger partial charge in [-0.15, -0.1) is 13.2 Å². The molecule has 0 amide bonds. The fourth-order valence-electron chi connectivity index (χ4n) is 1.19. The average Bonchev–Trinajstić information content (AvgIpc) is 2.89. The lowest BCUT2D eigenvalue weighted by Crippen LogP contribution is -1.90. The van der Waals surface area contributed by atoms with Crippen molar-refractivity contribution < 1.29 is 4.74 Å². The zero-order valence-corrected chi connectivity index (χ0v) is 24.0. The highest BCUT2D eigenvalue weighted by atomic mass is 16.5. The number of rotatable bonds is 7. The molecule has 0 unspecified atom stereocenters. The highest BCUT2D eigenvalue weighted by molar-refractivity contribution is 5.15. The van der Waals surface area contributed by atoms with Crippen LogP contribution in [0.1, 0.15) is 110 Å². The lowest BCUT2D eigenvalue weighted by Gasteiger charge is -2.08. The predicted octanol–water partition coefficient (Wildman–Crippen LogP) is 11.8. The van der Waals surface area contributed by atoms with Crippen molar-refractivity contribution in [1.29, 1.82) is 0 Å². The maximum Gasteiger partial charge on any atom is 0.122 e. The molecule has 0 bridgehead atoms. The first kappa shape index (κ1) is 47.0. The molecular formula is C30H60O. The molecule has 31 heavy (non-hydrogen) atoms. The second-order valence-electron chi connectivity index (χ2n) is 4.20. The van der Waals surface area contributed by atoms with Gasteiger partial charge in [-0.05, 0) is 66.2 Å². The molecule has 0 aliphatic heterocycles. The van der Waals surface area contributed by atoms with E-state index in [1.807, 2.05) is 139 Å². The minimum Gasteiger partial charge on any atom is -0.462 e. The minimum atomic E-state index is 0.840. The summed E-state index contributed by atoms with van der Waals surface area (Å²) in [5, 5.41) is 0. The van der Waals surface area contributed by atoms with Gasteiger partial charge in [0.1, 0.15) is 11.5 Å². The molecule has 186 valence electrons. The second kappa shape index (κ2) is 70.6. The summed E-state index contributed by atoms with van der Waals surface area (Å²) >= 11 is 0. The van der Waals surface area contributed by atoms with Crippen LogP contribution in [0.5, 0.6) is 0 Å². The Kier molecular flexibility index (Phi) is 107. The summed E-state index contributed by atoms with van der Waals surface area (Å²) < 4.78 is 5.79. The zero-order chi connectivity index (χ0) is 26.3. The van der Waals surface area contributed by atoms with Crippen molar-refractivity contribution >= 4 is 0 Å². The van der Waals surface area contributed by atoms with E-state index in [2.05, 4.69) is 31.4 Å². The molecule has 0 rings (SSSR count). The normalized spacial score (nSPS) is 10.0. The Morgan fingerprint density at radius 2 is 1.00 bits per heavy atom. The third kappa shape index (κ3) is 65.5. The summed E-state index contributed by atoms with van der Waals surface area (Å²) in [6.07, 6.45) is 22.1. The Bertz CT molecular complexity index is 400. The third-order valence-corrected chi connectivity index (χ3v) is 2.53. The smallest absolute Gasteiger partial charge is 0.122 e. The lowest BCUT2D eigenvalue weighted by atomic mass is 10.3. The molecule has 0 saturated carbocycles. The molecule has 0 radical (unpaired) electrons. The Morgan fingerprint density at radius 1 is 0.581 bits per heavy atom. The number of hydrogen-bond acceptors (Lipinski definition) is 1. The van der Waals surface area contributed by atoms with Crippen LogP contribution in [0, 0.1) is 0 Å². The van der Waals surface area contributed by atoms with Crippen molar-refractivity contribution in [1.82, 2.24) is 0 Å². The number of hydrogen-bond donors (Lipinski definition) is 0. The summed E-state index contributed by atoms with van der Waals surface area (Å²) in [4.78, 5) is 0. The molecule has 0 heterocycles. The maximum absolute atomic E-state index is 5.79. The molecule has 0 aromatic rings. The Morgan fingerprint density at radius 3 is 1.29 bits per heavy atom. The molecule has 0 spiro atoms. The van der Waals surface area contributed by atoms with E-state index in [1.165, 1.54) is 0 Å². The van der Waals surface area contributed by atoms with Crippen molar-refractivity contribution in [3.8, 4) is 0 Å². The molecule has 1 heteroatoms. The molecule has 0 saturated heterocycles. The van der Waals surface area contributed by atoms with Gasteiger partial charge < -0.3 is 4.74 Å². The van der Waals surface area contributed by atoms with Crippen molar-refractivity contribution in [2.24, 2.45) is 0 Å². The van der Waals surface area contributed by atoms with E-state index in [1.54, 1.807) is 0 Å². The lowest BCUT2D eigenvalue weighted by molar-refractivity contribution is 0.311. The highest BCUT2D eigenvalue weighted by Gasteiger charge is 1.97. The Hall–Kier alpha value is -2.02. The van der Waals surface area contributed by atoms with E-state index in [4.69, 9.17) is 4.74 Å². The zero-order valence-electron chi connectivity index (χ0n) is 24.0. The van der Waals surface area contributed by atoms with Crippen LogP contribution in [-0.4, -0.2) is 0 Å². The van der Waals surface area contributed by atoms with Crippen molar-refractivity contribution in [3.05, 3.63) is 85.4 Å². The summed E-state index contributed by atoms with van der Waals surface area (Å²) in [5.41, 5.74) is 0. The summed E-state index contributed by atoms with van der Waals surface area (Å²) in [6, 6.07) is 0. The topological polar surface area (TPSA) is 9.23 Å². The van der Waals surface area contributed by atoms with Gasteiger partial charge in [0.2, 0.25) is 0 Å². The summed E-state index contributed by atoms with van der Waals surface area (Å²) in [5.74, 6) is 1.87. The van der Waals surface area contributed by atoms with E-state index in [0.717, 1.165) is 24.4 Å². The minimum absolute atomic E-state index is 0.840. The van der Waals surface area contributed by atoms with Crippen LogP contribution in [0.25, 0.3) is 0 Å². The van der Waals surface area contributed by atoms with Gasteiger partial charge in [0.05, 0.1) is 0 Å². The predicted molar refractivity (Wildman–Crippen MR) is 154 cm³/mol. The SMILES string of the molecule is C/C=C\C.C/C=C\CC=C/C(=C\C)O/C(=C/C)C/C=C\C.C=C.CC.CC.CC.CC. The van der Waals surface area contributed by atoms with Crippen LogP contribution in [0.3, 0.4) is 0 Å². The van der Waals surface area contributed by atoms with Gasteiger partial charge in [-0.25, -0.2) is 0 Å². The summed E-state index contributed by atoms with van der Waals surface area (Å²) in [7, 11) is 0. The number of allylic oxidation sites excluding steroid dienone is 10. The molecule has 0 fully saturated rings. The van der Waals surface area contributed by atoms with Crippen molar-refractivity contribution in [2.75, 3.05) is 0 Å². The molecule has 0 aliphatic carbocycles. The fraction of sp³-hybridized carbons (Fsp3) is 0.533. The third-order valence-electron chi connectivity index (χ3n) is 2.53. The van der Waals surface area contributed by atoms with Crippen LogP contribution in [0.2, 0.25) is 0 Å². The monoisotopic (exact) mass is 436 g/mol. The van der Waals surface area contributed by atoms with E-state index < -0.39 is 0 Å². The average molecular weight is 437 g/mol. The largest absolute Gasteiger partial charge is 0.462 e. The summed E-state index contributed by atoms with van der Waals surface area (Å²) in [6.45, 7) is 34.0. The first-order chi connectivity index (χ1) is 15.2. The standard InChI is InChI=1S/C16H24O.C4H8.4C2H6.C2H4/c1-5-9-11-12-14-16(8-4)17-15(7-3)13-10-6-2;1-3-4-2;5*1-2/h5-10,12,14H,11,13H2,1-4H3;3-4H,1-2H3;4*1-2H3;1-2H2/b9-5-,10-6-,14-12?,15-7+,16-8+;4-3-;;;;;. The number of ether oxygens (including phenoxy) is 1. The molecule has 0 aromatic carbocycles. The van der Waals surface area contributed by atoms with Gasteiger partial charge in [0.15, 0.2) is 0 Å². The van der Waals surface area contributed by atoms with Crippen LogP contribution in [0.4, 0.5) is 0 Å². The van der Waals surface area contributed by atoms with E-state index >= 15 is 0 Å². The molecular weight excluding hydrogens is 376 g/mol. The van der Waals surface area contributed by atoms with Gasteiger partial charge in [-0.1, -0.05) is 97.9 Å². The van der Waals surface area contributed by atoms with E-state index in [9.17, 15) is 0 Å². The van der Waals surface area contributed by atoms with Crippen LogP contribution in [0.15, 0.2) is 85.4 Å². The molecule has 1 nitrogen and oxygen atoms in total. The first-order valence-corrected chi connectivity index (χ1v) is 12.2. The van der Waals surface area contributed by atoms with Crippen molar-refractivity contribution in [3.63, 3.8) is 0 Å². The second-order valence-corrected chi connectivity index (χ2v) is 4.20. The van der Waals surface area contributed by atoms with Crippen molar-refractivity contribution in [2.45, 2.75) is 110 Å². The molecule has 0 atom stereocenters. The van der Waals surface area contributed by atoms with Gasteiger partial charge in [0, 0.05) is 6.42 Å². The van der Waals surface area contributed by atoms with Crippen LogP contribution in [-0.2, 0) is 4.74 Å². The van der Waals surface area contributed by atoms with Gasteiger partial charge in [-0.3, -0.25) is 0 Å². The molecule has 0 N–H and O–H groups in total. The first-order valence-electron chi connectivity index (χ1n) is 12.2. The van der Waals surface area contributed by atoms with Gasteiger partial charge in [0.25, 0.3) is 0 Å². The van der Waals surface area contributed by atoms with E-state index in [-0.39, 0.29) is 0 Å². The Labute approximate surface area is 200 Å². The quantitative estimate of drug-likeness (QED) is 0.219. The molecule has 0 aromatic heterocycles. The Balaban J connectivity index is -0.0000000685. The van der Waals surface area contributed by atoms with E-state index in [0.29, 0.717) is 0 Å². The van der Waals surface area contributed by atoms with Crippen LogP contribution < -0.4 is 0 Å². The molecule has 0 aliphatic rings. The maximum atomic E-state index is 5.79. The van der Waals surface area contributed by atoms with Gasteiger partial charge in [-0.2, -0.15) is 0 Å². The van der Waals surface area contributed by atoms with Crippen LogP contribution >= 0.6 is 0 Å².